The Hall–Kier alpha value is -2.98. The van der Waals surface area contributed by atoms with E-state index < -0.39 is 6.03 Å². The van der Waals surface area contributed by atoms with Crippen LogP contribution in [0.1, 0.15) is 17.2 Å². The highest BCUT2D eigenvalue weighted by atomic mass is 19.1. The number of aromatic nitrogens is 2. The number of aryl methyl sites for hydroxylation is 1. The van der Waals surface area contributed by atoms with Gasteiger partial charge in [-0.3, -0.25) is 0 Å². The molecule has 1 aromatic carbocycles. The number of primary amides is 1. The maximum absolute atomic E-state index is 14.6. The van der Waals surface area contributed by atoms with Gasteiger partial charge in [0.25, 0.3) is 0 Å². The monoisotopic (exact) mass is 415 g/mol. The van der Waals surface area contributed by atoms with E-state index in [4.69, 9.17) is 10.5 Å². The van der Waals surface area contributed by atoms with Gasteiger partial charge >= 0.3 is 6.03 Å². The van der Waals surface area contributed by atoms with Crippen molar-refractivity contribution in [2.24, 2.45) is 5.73 Å². The largest absolute Gasteiger partial charge is 0.371 e. The molecule has 1 aromatic heterocycles. The summed E-state index contributed by atoms with van der Waals surface area (Å²) in [6.07, 6.45) is 1.45. The lowest BCUT2D eigenvalue weighted by Crippen LogP contribution is -2.50. The van der Waals surface area contributed by atoms with Crippen LogP contribution >= 0.6 is 0 Å². The molecule has 2 fully saturated rings. The van der Waals surface area contributed by atoms with Gasteiger partial charge in [0, 0.05) is 62.3 Å². The molecule has 0 saturated carbocycles. The van der Waals surface area contributed by atoms with Gasteiger partial charge in [-0.15, -0.1) is 0 Å². The van der Waals surface area contributed by atoms with Gasteiger partial charge in [0.1, 0.15) is 11.6 Å². The zero-order valence-electron chi connectivity index (χ0n) is 16.9. The molecule has 1 unspecified atom stereocenters. The van der Waals surface area contributed by atoms with E-state index in [1.54, 1.807) is 23.2 Å². The van der Waals surface area contributed by atoms with Crippen LogP contribution < -0.4 is 21.3 Å². The summed E-state index contributed by atoms with van der Waals surface area (Å²) in [5.74, 6) is 0.842. The SMILES string of the molecule is Cc1cnc(Nc2ccc(C3CNCCO3)c(F)c2)nc1N1CCN(C(N)=O)CC1. The molecule has 10 heteroatoms. The standard InChI is InChI=1S/C20H26FN7O2/c1-13-11-24-20(26-18(13)27-5-7-28(8-6-27)19(22)29)25-14-2-3-15(16(21)10-14)17-12-23-4-9-30-17/h2-3,10-11,17,23H,4-9,12H2,1H3,(H2,22,29)(H,24,25,26). The molecule has 4 rings (SSSR count). The lowest BCUT2D eigenvalue weighted by molar-refractivity contribution is 0.0255. The molecule has 2 amide bonds. The summed E-state index contributed by atoms with van der Waals surface area (Å²) in [7, 11) is 0. The number of nitrogens with zero attached hydrogens (tertiary/aromatic N) is 4. The summed E-state index contributed by atoms with van der Waals surface area (Å²) in [6, 6.07) is 4.55. The second kappa shape index (κ2) is 8.80. The van der Waals surface area contributed by atoms with Gasteiger partial charge in [-0.05, 0) is 19.1 Å². The van der Waals surface area contributed by atoms with Crippen molar-refractivity contribution in [3.05, 3.63) is 41.3 Å². The third-order valence-corrected chi connectivity index (χ3v) is 5.37. The molecule has 160 valence electrons. The van der Waals surface area contributed by atoms with Crippen LogP contribution in [-0.2, 0) is 4.74 Å². The van der Waals surface area contributed by atoms with Gasteiger partial charge in [-0.25, -0.2) is 14.2 Å². The minimum Gasteiger partial charge on any atom is -0.371 e. The molecule has 9 nitrogen and oxygen atoms in total. The Balaban J connectivity index is 1.47. The molecule has 2 aromatic rings. The molecule has 0 radical (unpaired) electrons. The van der Waals surface area contributed by atoms with E-state index in [0.29, 0.717) is 56.5 Å². The summed E-state index contributed by atoms with van der Waals surface area (Å²) in [5.41, 5.74) is 7.38. The molecule has 30 heavy (non-hydrogen) atoms. The van der Waals surface area contributed by atoms with Crippen molar-refractivity contribution in [2.45, 2.75) is 13.0 Å². The van der Waals surface area contributed by atoms with Crippen molar-refractivity contribution in [3.8, 4) is 0 Å². The fraction of sp³-hybridized carbons (Fsp3) is 0.450. The molecule has 2 aliphatic heterocycles. The molecule has 3 heterocycles. The van der Waals surface area contributed by atoms with Gasteiger partial charge < -0.3 is 30.9 Å². The number of rotatable bonds is 4. The average molecular weight is 415 g/mol. The van der Waals surface area contributed by atoms with Gasteiger partial charge in [0.05, 0.1) is 12.7 Å². The quantitative estimate of drug-likeness (QED) is 0.695. The first kappa shape index (κ1) is 20.3. The molecule has 0 bridgehead atoms. The molecular weight excluding hydrogens is 389 g/mol. The number of benzene rings is 1. The van der Waals surface area contributed by atoms with Crippen LogP contribution in [0.2, 0.25) is 0 Å². The van der Waals surface area contributed by atoms with Gasteiger partial charge in [0.2, 0.25) is 5.95 Å². The third kappa shape index (κ3) is 4.44. The number of morpholine rings is 1. The van der Waals surface area contributed by atoms with Crippen molar-refractivity contribution in [3.63, 3.8) is 0 Å². The minimum atomic E-state index is -0.406. The van der Waals surface area contributed by atoms with E-state index in [1.807, 2.05) is 6.92 Å². The first-order chi connectivity index (χ1) is 14.5. The summed E-state index contributed by atoms with van der Waals surface area (Å²) >= 11 is 0. The Bertz CT molecular complexity index is 912. The number of nitrogens with one attached hydrogen (secondary N) is 2. The number of urea groups is 1. The normalized spacial score (nSPS) is 19.6. The predicted octanol–water partition coefficient (Wildman–Crippen LogP) is 1.53. The molecule has 2 saturated heterocycles. The van der Waals surface area contributed by atoms with Crippen LogP contribution in [0.3, 0.4) is 0 Å². The lowest BCUT2D eigenvalue weighted by Gasteiger charge is -2.35. The summed E-state index contributed by atoms with van der Waals surface area (Å²) < 4.78 is 20.3. The number of anilines is 3. The predicted molar refractivity (Wildman–Crippen MR) is 111 cm³/mol. The topological polar surface area (TPSA) is 109 Å². The molecule has 1 atom stereocenters. The highest BCUT2D eigenvalue weighted by molar-refractivity contribution is 5.72. The van der Waals surface area contributed by atoms with Crippen LogP contribution in [-0.4, -0.2) is 66.8 Å². The fourth-order valence-electron chi connectivity index (χ4n) is 3.71. The van der Waals surface area contributed by atoms with Gasteiger partial charge in [0.15, 0.2) is 0 Å². The van der Waals surface area contributed by atoms with Crippen molar-refractivity contribution in [2.75, 3.05) is 56.1 Å². The van der Waals surface area contributed by atoms with Crippen LogP contribution in [0, 0.1) is 12.7 Å². The summed E-state index contributed by atoms with van der Waals surface area (Å²) in [4.78, 5) is 24.0. The first-order valence-electron chi connectivity index (χ1n) is 10.0. The molecule has 2 aliphatic rings. The van der Waals surface area contributed by atoms with Crippen molar-refractivity contribution >= 4 is 23.5 Å². The Morgan fingerprint density at radius 3 is 2.80 bits per heavy atom. The average Bonchev–Trinajstić information content (AvgIpc) is 2.76. The highest BCUT2D eigenvalue weighted by Crippen LogP contribution is 2.26. The number of carbonyl (C=O) groups excluding carboxylic acids is 1. The second-order valence-corrected chi connectivity index (χ2v) is 7.44. The fourth-order valence-corrected chi connectivity index (χ4v) is 3.71. The number of ether oxygens (including phenoxy) is 1. The van der Waals surface area contributed by atoms with Crippen LogP contribution in [0.25, 0.3) is 0 Å². The van der Waals surface area contributed by atoms with Crippen LogP contribution in [0.15, 0.2) is 24.4 Å². The van der Waals surface area contributed by atoms with Gasteiger partial charge in [-0.2, -0.15) is 4.98 Å². The van der Waals surface area contributed by atoms with E-state index >= 15 is 0 Å². The van der Waals surface area contributed by atoms with E-state index in [9.17, 15) is 9.18 Å². The number of amides is 2. The summed E-state index contributed by atoms with van der Waals surface area (Å²) in [5, 5.41) is 6.28. The van der Waals surface area contributed by atoms with E-state index in [0.717, 1.165) is 17.9 Å². The molecule has 0 spiro atoms. The van der Waals surface area contributed by atoms with E-state index in [1.165, 1.54) is 6.07 Å². The Kier molecular flexibility index (Phi) is 5.96. The number of nitrogens with two attached hydrogens (primary N) is 1. The maximum atomic E-state index is 14.6. The third-order valence-electron chi connectivity index (χ3n) is 5.37. The summed E-state index contributed by atoms with van der Waals surface area (Å²) in [6.45, 7) is 6.25. The zero-order chi connectivity index (χ0) is 21.1. The second-order valence-electron chi connectivity index (χ2n) is 7.44. The Morgan fingerprint density at radius 1 is 1.33 bits per heavy atom. The highest BCUT2D eigenvalue weighted by Gasteiger charge is 2.22. The van der Waals surface area contributed by atoms with Gasteiger partial charge in [-0.1, -0.05) is 6.07 Å². The van der Waals surface area contributed by atoms with E-state index in [-0.39, 0.29) is 11.9 Å². The molecule has 4 N–H and O–H groups in total. The minimum absolute atomic E-state index is 0.283. The Morgan fingerprint density at radius 2 is 2.13 bits per heavy atom. The number of piperazine rings is 1. The van der Waals surface area contributed by atoms with E-state index in [2.05, 4.69) is 25.5 Å². The lowest BCUT2D eigenvalue weighted by atomic mass is 10.1. The number of hydrogen-bond donors (Lipinski definition) is 3. The maximum Gasteiger partial charge on any atom is 0.314 e. The van der Waals surface area contributed by atoms with Crippen molar-refractivity contribution < 1.29 is 13.9 Å². The smallest absolute Gasteiger partial charge is 0.314 e. The number of carbonyl (C=O) groups is 1. The molecule has 0 aliphatic carbocycles. The van der Waals surface area contributed by atoms with Crippen molar-refractivity contribution in [1.29, 1.82) is 0 Å². The van der Waals surface area contributed by atoms with Crippen molar-refractivity contribution in [1.82, 2.24) is 20.2 Å². The van der Waals surface area contributed by atoms with Crippen LogP contribution in [0.5, 0.6) is 0 Å². The Labute approximate surface area is 174 Å². The number of hydrogen-bond acceptors (Lipinski definition) is 7. The first-order valence-corrected chi connectivity index (χ1v) is 10.0. The molecular formula is C20H26FN7O2. The zero-order valence-corrected chi connectivity index (χ0v) is 16.9. The van der Waals surface area contributed by atoms with Crippen LogP contribution in [0.4, 0.5) is 26.6 Å². The number of halogens is 1.